The fraction of sp³-hybridized carbons (Fsp3) is 0.375. The van der Waals surface area contributed by atoms with Crippen LogP contribution in [0, 0.1) is 0 Å². The molecule has 0 bridgehead atoms. The standard InChI is InChI=1S/C8H8F3N3O/c1-2-6(15)14-5-3-12-7(13-4-5)8(9,10)11/h3-4H,2H2,1H3,(H,14,15). The molecule has 4 nitrogen and oxygen atoms in total. The molecular weight excluding hydrogens is 211 g/mol. The van der Waals surface area contributed by atoms with Crippen molar-refractivity contribution in [2.75, 3.05) is 5.32 Å². The lowest BCUT2D eigenvalue weighted by Gasteiger charge is -2.05. The highest BCUT2D eigenvalue weighted by atomic mass is 19.4. The van der Waals surface area contributed by atoms with Gasteiger partial charge < -0.3 is 5.32 Å². The number of nitrogens with one attached hydrogen (secondary N) is 1. The van der Waals surface area contributed by atoms with Gasteiger partial charge in [0.15, 0.2) is 0 Å². The SMILES string of the molecule is CCC(=O)Nc1cnc(C(F)(F)F)nc1. The number of carbonyl (C=O) groups is 1. The summed E-state index contributed by atoms with van der Waals surface area (Å²) in [6.45, 7) is 1.63. The van der Waals surface area contributed by atoms with Gasteiger partial charge in [0.25, 0.3) is 0 Å². The van der Waals surface area contributed by atoms with Crippen molar-refractivity contribution in [2.24, 2.45) is 0 Å². The van der Waals surface area contributed by atoms with Crippen molar-refractivity contribution in [2.45, 2.75) is 19.5 Å². The number of hydrogen-bond donors (Lipinski definition) is 1. The maximum atomic E-state index is 12.0. The van der Waals surface area contributed by atoms with E-state index in [2.05, 4.69) is 15.3 Å². The van der Waals surface area contributed by atoms with Crippen LogP contribution in [0.25, 0.3) is 0 Å². The van der Waals surface area contributed by atoms with Crippen LogP contribution < -0.4 is 5.32 Å². The molecule has 1 N–H and O–H groups in total. The molecule has 0 radical (unpaired) electrons. The summed E-state index contributed by atoms with van der Waals surface area (Å²) in [6.07, 6.45) is -2.49. The molecular formula is C8H8F3N3O. The first kappa shape index (κ1) is 11.4. The Labute approximate surface area is 83.5 Å². The van der Waals surface area contributed by atoms with E-state index in [0.717, 1.165) is 12.4 Å². The molecule has 1 aromatic rings. The maximum absolute atomic E-state index is 12.0. The molecule has 0 saturated carbocycles. The molecule has 0 unspecified atom stereocenters. The molecule has 1 aromatic heterocycles. The summed E-state index contributed by atoms with van der Waals surface area (Å²) in [5, 5.41) is 2.34. The monoisotopic (exact) mass is 219 g/mol. The first-order chi connectivity index (χ1) is 6.93. The average Bonchev–Trinajstić information content (AvgIpc) is 2.17. The van der Waals surface area contributed by atoms with Crippen molar-refractivity contribution in [1.82, 2.24) is 9.97 Å². The van der Waals surface area contributed by atoms with E-state index in [1.807, 2.05) is 0 Å². The molecule has 1 amide bonds. The van der Waals surface area contributed by atoms with Gasteiger partial charge in [-0.1, -0.05) is 6.92 Å². The second kappa shape index (κ2) is 4.24. The van der Waals surface area contributed by atoms with Crippen LogP contribution in [0.3, 0.4) is 0 Å². The fourth-order valence-electron chi connectivity index (χ4n) is 0.788. The van der Waals surface area contributed by atoms with Gasteiger partial charge in [-0.15, -0.1) is 0 Å². The van der Waals surface area contributed by atoms with Gasteiger partial charge in [-0.2, -0.15) is 13.2 Å². The Hall–Kier alpha value is -1.66. The smallest absolute Gasteiger partial charge is 0.323 e. The lowest BCUT2D eigenvalue weighted by Crippen LogP contribution is -2.13. The van der Waals surface area contributed by atoms with E-state index in [-0.39, 0.29) is 18.0 Å². The summed E-state index contributed by atoms with van der Waals surface area (Å²) >= 11 is 0. The zero-order chi connectivity index (χ0) is 11.5. The fourth-order valence-corrected chi connectivity index (χ4v) is 0.788. The van der Waals surface area contributed by atoms with E-state index in [4.69, 9.17) is 0 Å². The Balaban J connectivity index is 2.77. The highest BCUT2D eigenvalue weighted by Crippen LogP contribution is 2.25. The van der Waals surface area contributed by atoms with Crippen LogP contribution >= 0.6 is 0 Å². The Morgan fingerprint density at radius 1 is 1.40 bits per heavy atom. The first-order valence-electron chi connectivity index (χ1n) is 4.12. The van der Waals surface area contributed by atoms with Gasteiger partial charge in [0.05, 0.1) is 18.1 Å². The van der Waals surface area contributed by atoms with Crippen molar-refractivity contribution in [1.29, 1.82) is 0 Å². The second-order valence-corrected chi connectivity index (χ2v) is 2.69. The van der Waals surface area contributed by atoms with E-state index in [1.165, 1.54) is 0 Å². The number of halogens is 3. The molecule has 7 heteroatoms. The number of amides is 1. The normalized spacial score (nSPS) is 11.2. The maximum Gasteiger partial charge on any atom is 0.451 e. The highest BCUT2D eigenvalue weighted by molar-refractivity contribution is 5.90. The van der Waals surface area contributed by atoms with Crippen LogP contribution in [0.4, 0.5) is 18.9 Å². The molecule has 0 aromatic carbocycles. The van der Waals surface area contributed by atoms with Crippen LogP contribution in [0.15, 0.2) is 12.4 Å². The van der Waals surface area contributed by atoms with Gasteiger partial charge in [0, 0.05) is 6.42 Å². The van der Waals surface area contributed by atoms with E-state index in [9.17, 15) is 18.0 Å². The molecule has 0 spiro atoms. The summed E-state index contributed by atoms with van der Waals surface area (Å²) < 4.78 is 36.1. The van der Waals surface area contributed by atoms with Crippen LogP contribution in [0.2, 0.25) is 0 Å². The minimum absolute atomic E-state index is 0.148. The molecule has 0 aliphatic heterocycles. The lowest BCUT2D eigenvalue weighted by atomic mass is 10.4. The van der Waals surface area contributed by atoms with Crippen LogP contribution in [0.5, 0.6) is 0 Å². The molecule has 0 aliphatic rings. The molecule has 1 heterocycles. The summed E-state index contributed by atoms with van der Waals surface area (Å²) in [5.74, 6) is -1.53. The number of aromatic nitrogens is 2. The van der Waals surface area contributed by atoms with Gasteiger partial charge in [-0.05, 0) is 0 Å². The number of nitrogens with zero attached hydrogens (tertiary/aromatic N) is 2. The molecule has 0 aliphatic carbocycles. The number of alkyl halides is 3. The molecule has 15 heavy (non-hydrogen) atoms. The van der Waals surface area contributed by atoms with Crippen LogP contribution in [-0.2, 0) is 11.0 Å². The first-order valence-corrected chi connectivity index (χ1v) is 4.12. The largest absolute Gasteiger partial charge is 0.451 e. The quantitative estimate of drug-likeness (QED) is 0.825. The lowest BCUT2D eigenvalue weighted by molar-refractivity contribution is -0.144. The summed E-state index contributed by atoms with van der Waals surface area (Å²) in [5.41, 5.74) is 0.148. The third-order valence-corrected chi connectivity index (χ3v) is 1.51. The topological polar surface area (TPSA) is 54.9 Å². The minimum Gasteiger partial charge on any atom is -0.323 e. The number of hydrogen-bond acceptors (Lipinski definition) is 3. The van der Waals surface area contributed by atoms with E-state index >= 15 is 0 Å². The number of anilines is 1. The summed E-state index contributed by atoms with van der Waals surface area (Å²) in [4.78, 5) is 17.0. The Morgan fingerprint density at radius 2 is 1.93 bits per heavy atom. The Morgan fingerprint density at radius 3 is 2.33 bits per heavy atom. The molecule has 0 atom stereocenters. The Kier molecular flexibility index (Phi) is 3.23. The van der Waals surface area contributed by atoms with Crippen molar-refractivity contribution in [3.8, 4) is 0 Å². The van der Waals surface area contributed by atoms with Gasteiger partial charge >= 0.3 is 6.18 Å². The summed E-state index contributed by atoms with van der Waals surface area (Å²) in [7, 11) is 0. The van der Waals surface area contributed by atoms with Crippen molar-refractivity contribution < 1.29 is 18.0 Å². The highest BCUT2D eigenvalue weighted by Gasteiger charge is 2.34. The minimum atomic E-state index is -4.56. The average molecular weight is 219 g/mol. The molecule has 0 fully saturated rings. The van der Waals surface area contributed by atoms with Crippen molar-refractivity contribution in [3.63, 3.8) is 0 Å². The third kappa shape index (κ3) is 3.19. The van der Waals surface area contributed by atoms with E-state index in [1.54, 1.807) is 6.92 Å². The van der Waals surface area contributed by atoms with Crippen LogP contribution in [0.1, 0.15) is 19.2 Å². The molecule has 1 rings (SSSR count). The second-order valence-electron chi connectivity index (χ2n) is 2.69. The van der Waals surface area contributed by atoms with Crippen LogP contribution in [-0.4, -0.2) is 15.9 Å². The van der Waals surface area contributed by atoms with Gasteiger partial charge in [0.2, 0.25) is 11.7 Å². The molecule has 82 valence electrons. The number of rotatable bonds is 2. The Bertz CT molecular complexity index is 347. The van der Waals surface area contributed by atoms with Crippen molar-refractivity contribution in [3.05, 3.63) is 18.2 Å². The summed E-state index contributed by atoms with van der Waals surface area (Å²) in [6, 6.07) is 0. The number of carbonyl (C=O) groups excluding carboxylic acids is 1. The predicted molar refractivity (Wildman–Crippen MR) is 46.0 cm³/mol. The van der Waals surface area contributed by atoms with E-state index < -0.39 is 12.0 Å². The predicted octanol–water partition coefficient (Wildman–Crippen LogP) is 1.84. The van der Waals surface area contributed by atoms with Gasteiger partial charge in [0.1, 0.15) is 0 Å². The zero-order valence-electron chi connectivity index (χ0n) is 7.80. The van der Waals surface area contributed by atoms with Crippen molar-refractivity contribution >= 4 is 11.6 Å². The third-order valence-electron chi connectivity index (χ3n) is 1.51. The van der Waals surface area contributed by atoms with Gasteiger partial charge in [-0.3, -0.25) is 4.79 Å². The molecule has 0 saturated heterocycles. The zero-order valence-corrected chi connectivity index (χ0v) is 7.80. The van der Waals surface area contributed by atoms with Gasteiger partial charge in [-0.25, -0.2) is 9.97 Å². The van der Waals surface area contributed by atoms with E-state index in [0.29, 0.717) is 0 Å².